The summed E-state index contributed by atoms with van der Waals surface area (Å²) in [6, 6.07) is -0.0579. The Bertz CT molecular complexity index is 220. The van der Waals surface area contributed by atoms with E-state index in [-0.39, 0.29) is 11.9 Å². The van der Waals surface area contributed by atoms with Crippen molar-refractivity contribution < 1.29 is 4.79 Å². The molecule has 1 unspecified atom stereocenters. The van der Waals surface area contributed by atoms with Crippen LogP contribution in [0.25, 0.3) is 0 Å². The molecule has 1 atom stereocenters. The van der Waals surface area contributed by atoms with Gasteiger partial charge in [-0.2, -0.15) is 0 Å². The number of hydrogen-bond acceptors (Lipinski definition) is 2. The third-order valence-corrected chi connectivity index (χ3v) is 3.46. The van der Waals surface area contributed by atoms with Gasteiger partial charge in [0.1, 0.15) is 0 Å². The molecule has 1 rings (SSSR count). The zero-order chi connectivity index (χ0) is 11.5. The molecule has 3 heteroatoms. The predicted molar refractivity (Wildman–Crippen MR) is 62.7 cm³/mol. The first kappa shape index (κ1) is 12.5. The average molecular weight is 212 g/mol. The van der Waals surface area contributed by atoms with Crippen molar-refractivity contribution in [1.29, 1.82) is 0 Å². The Balaban J connectivity index is 2.33. The van der Waals surface area contributed by atoms with E-state index in [1.165, 1.54) is 25.7 Å². The molecule has 0 heterocycles. The van der Waals surface area contributed by atoms with Crippen molar-refractivity contribution in [2.45, 2.75) is 45.6 Å². The number of hydrogen-bond donors (Lipinski definition) is 1. The standard InChI is InChI=1S/C12H24N2O/c1-10(11(15)14(3)4)13-9-12(2)7-5-6-8-12/h10,13H,5-9H2,1-4H3. The molecule has 3 nitrogen and oxygen atoms in total. The Hall–Kier alpha value is -0.570. The van der Waals surface area contributed by atoms with Gasteiger partial charge in [0, 0.05) is 20.6 Å². The minimum atomic E-state index is -0.0579. The molecule has 88 valence electrons. The molecular formula is C12H24N2O. The number of likely N-dealkylation sites (N-methyl/N-ethyl adjacent to an activating group) is 1. The van der Waals surface area contributed by atoms with E-state index in [1.54, 1.807) is 19.0 Å². The molecule has 1 amide bonds. The van der Waals surface area contributed by atoms with Gasteiger partial charge in [0.05, 0.1) is 6.04 Å². The zero-order valence-corrected chi connectivity index (χ0v) is 10.5. The predicted octanol–water partition coefficient (Wildman–Crippen LogP) is 1.63. The van der Waals surface area contributed by atoms with Crippen molar-refractivity contribution in [3.63, 3.8) is 0 Å². The smallest absolute Gasteiger partial charge is 0.238 e. The number of amides is 1. The van der Waals surface area contributed by atoms with Gasteiger partial charge in [0.2, 0.25) is 5.91 Å². The van der Waals surface area contributed by atoms with Crippen LogP contribution in [0.3, 0.4) is 0 Å². The Morgan fingerprint density at radius 2 is 1.93 bits per heavy atom. The number of nitrogens with zero attached hydrogens (tertiary/aromatic N) is 1. The van der Waals surface area contributed by atoms with Gasteiger partial charge in [-0.15, -0.1) is 0 Å². The van der Waals surface area contributed by atoms with E-state index < -0.39 is 0 Å². The SMILES string of the molecule is CC(NCC1(C)CCCC1)C(=O)N(C)C. The summed E-state index contributed by atoms with van der Waals surface area (Å²) in [5.74, 6) is 0.164. The van der Waals surface area contributed by atoms with E-state index in [0.717, 1.165) is 6.54 Å². The van der Waals surface area contributed by atoms with E-state index in [9.17, 15) is 4.79 Å². The number of nitrogens with one attached hydrogen (secondary N) is 1. The quantitative estimate of drug-likeness (QED) is 0.768. The molecular weight excluding hydrogens is 188 g/mol. The Morgan fingerprint density at radius 3 is 2.40 bits per heavy atom. The van der Waals surface area contributed by atoms with Gasteiger partial charge in [-0.25, -0.2) is 0 Å². The second-order valence-electron chi connectivity index (χ2n) is 5.35. The summed E-state index contributed by atoms with van der Waals surface area (Å²) in [6.45, 7) is 5.23. The van der Waals surface area contributed by atoms with E-state index in [1.807, 2.05) is 6.92 Å². The van der Waals surface area contributed by atoms with Gasteiger partial charge in [0.15, 0.2) is 0 Å². The summed E-state index contributed by atoms with van der Waals surface area (Å²) in [5.41, 5.74) is 0.418. The molecule has 1 fully saturated rings. The van der Waals surface area contributed by atoms with Crippen LogP contribution in [0.4, 0.5) is 0 Å². The Labute approximate surface area is 93.2 Å². The Morgan fingerprint density at radius 1 is 1.40 bits per heavy atom. The lowest BCUT2D eigenvalue weighted by Gasteiger charge is -2.27. The van der Waals surface area contributed by atoms with Crippen molar-refractivity contribution in [1.82, 2.24) is 10.2 Å². The van der Waals surface area contributed by atoms with Crippen LogP contribution in [0.1, 0.15) is 39.5 Å². The van der Waals surface area contributed by atoms with Crippen LogP contribution in [0.2, 0.25) is 0 Å². The highest BCUT2D eigenvalue weighted by molar-refractivity contribution is 5.80. The fraction of sp³-hybridized carbons (Fsp3) is 0.917. The summed E-state index contributed by atoms with van der Waals surface area (Å²) in [4.78, 5) is 13.3. The van der Waals surface area contributed by atoms with Crippen LogP contribution in [-0.2, 0) is 4.79 Å². The molecule has 0 aromatic heterocycles. The van der Waals surface area contributed by atoms with Crippen LogP contribution in [0, 0.1) is 5.41 Å². The van der Waals surface area contributed by atoms with E-state index in [0.29, 0.717) is 5.41 Å². The molecule has 0 saturated heterocycles. The molecule has 0 aromatic carbocycles. The highest BCUT2D eigenvalue weighted by atomic mass is 16.2. The van der Waals surface area contributed by atoms with Gasteiger partial charge < -0.3 is 10.2 Å². The Kier molecular flexibility index (Phi) is 4.14. The first-order chi connectivity index (χ1) is 6.94. The lowest BCUT2D eigenvalue weighted by molar-refractivity contribution is -0.130. The maximum Gasteiger partial charge on any atom is 0.238 e. The van der Waals surface area contributed by atoms with Crippen LogP contribution >= 0.6 is 0 Å². The molecule has 1 N–H and O–H groups in total. The second kappa shape index (κ2) is 4.97. The third-order valence-electron chi connectivity index (χ3n) is 3.46. The van der Waals surface area contributed by atoms with Gasteiger partial charge in [-0.3, -0.25) is 4.79 Å². The largest absolute Gasteiger partial charge is 0.347 e. The minimum Gasteiger partial charge on any atom is -0.347 e. The molecule has 1 aliphatic rings. The van der Waals surface area contributed by atoms with Crippen LogP contribution in [0.5, 0.6) is 0 Å². The van der Waals surface area contributed by atoms with Crippen molar-refractivity contribution in [2.75, 3.05) is 20.6 Å². The monoisotopic (exact) mass is 212 g/mol. The van der Waals surface area contributed by atoms with Crippen LogP contribution in [-0.4, -0.2) is 37.5 Å². The topological polar surface area (TPSA) is 32.3 Å². The minimum absolute atomic E-state index is 0.0579. The molecule has 15 heavy (non-hydrogen) atoms. The van der Waals surface area contributed by atoms with Crippen molar-refractivity contribution in [3.05, 3.63) is 0 Å². The van der Waals surface area contributed by atoms with Crippen molar-refractivity contribution >= 4 is 5.91 Å². The first-order valence-corrected chi connectivity index (χ1v) is 5.89. The van der Waals surface area contributed by atoms with Crippen molar-refractivity contribution in [2.24, 2.45) is 5.41 Å². The van der Waals surface area contributed by atoms with Crippen molar-refractivity contribution in [3.8, 4) is 0 Å². The maximum absolute atomic E-state index is 11.6. The highest BCUT2D eigenvalue weighted by Gasteiger charge is 2.29. The summed E-state index contributed by atoms with van der Waals surface area (Å²) in [6.07, 6.45) is 5.27. The lowest BCUT2D eigenvalue weighted by atomic mass is 9.88. The van der Waals surface area contributed by atoms with Gasteiger partial charge in [0.25, 0.3) is 0 Å². The number of carbonyl (C=O) groups is 1. The molecule has 1 aliphatic carbocycles. The lowest BCUT2D eigenvalue weighted by Crippen LogP contribution is -2.44. The van der Waals surface area contributed by atoms with Crippen LogP contribution < -0.4 is 5.32 Å². The zero-order valence-electron chi connectivity index (χ0n) is 10.5. The van der Waals surface area contributed by atoms with Gasteiger partial charge in [-0.05, 0) is 25.2 Å². The van der Waals surface area contributed by atoms with E-state index >= 15 is 0 Å². The maximum atomic E-state index is 11.6. The summed E-state index contributed by atoms with van der Waals surface area (Å²) in [7, 11) is 3.61. The summed E-state index contributed by atoms with van der Waals surface area (Å²) < 4.78 is 0. The fourth-order valence-electron chi connectivity index (χ4n) is 2.28. The molecule has 0 aliphatic heterocycles. The summed E-state index contributed by atoms with van der Waals surface area (Å²) >= 11 is 0. The fourth-order valence-corrected chi connectivity index (χ4v) is 2.28. The molecule has 0 aromatic rings. The normalized spacial score (nSPS) is 21.3. The highest BCUT2D eigenvalue weighted by Crippen LogP contribution is 2.36. The second-order valence-corrected chi connectivity index (χ2v) is 5.35. The number of carbonyl (C=O) groups excluding carboxylic acids is 1. The van der Waals surface area contributed by atoms with Gasteiger partial charge >= 0.3 is 0 Å². The molecule has 0 bridgehead atoms. The molecule has 0 radical (unpaired) electrons. The van der Waals surface area contributed by atoms with Crippen LogP contribution in [0.15, 0.2) is 0 Å². The third kappa shape index (κ3) is 3.49. The van der Waals surface area contributed by atoms with Gasteiger partial charge in [-0.1, -0.05) is 19.8 Å². The van der Waals surface area contributed by atoms with E-state index in [4.69, 9.17) is 0 Å². The first-order valence-electron chi connectivity index (χ1n) is 5.89. The van der Waals surface area contributed by atoms with E-state index in [2.05, 4.69) is 12.2 Å². The average Bonchev–Trinajstić information content (AvgIpc) is 2.61. The molecule has 1 saturated carbocycles. The number of rotatable bonds is 4. The molecule has 0 spiro atoms. The summed E-state index contributed by atoms with van der Waals surface area (Å²) in [5, 5.41) is 3.35.